The van der Waals surface area contributed by atoms with Crippen LogP contribution in [0, 0.1) is 23.2 Å². The van der Waals surface area contributed by atoms with Gasteiger partial charge in [0.15, 0.2) is 0 Å². The summed E-state index contributed by atoms with van der Waals surface area (Å²) >= 11 is 0. The van der Waals surface area contributed by atoms with Gasteiger partial charge in [-0.05, 0) is 32.1 Å². The van der Waals surface area contributed by atoms with Gasteiger partial charge in [0.05, 0.1) is 0 Å². The van der Waals surface area contributed by atoms with Gasteiger partial charge in [0.2, 0.25) is 5.91 Å². The van der Waals surface area contributed by atoms with Gasteiger partial charge < -0.3 is 5.73 Å². The monoisotopic (exact) mass is 307 g/mol. The average molecular weight is 307 g/mol. The highest BCUT2D eigenvalue weighted by Crippen LogP contribution is 2.35. The maximum Gasteiger partial charge on any atom is 0.221 e. The summed E-state index contributed by atoms with van der Waals surface area (Å²) in [5.74, 6) is -0.176. The van der Waals surface area contributed by atoms with E-state index >= 15 is 0 Å². The molecule has 22 heavy (non-hydrogen) atoms. The second kappa shape index (κ2) is 7.94. The van der Waals surface area contributed by atoms with Gasteiger partial charge in [0.25, 0.3) is 0 Å². The van der Waals surface area contributed by atoms with Crippen molar-refractivity contribution in [3.63, 3.8) is 0 Å². The van der Waals surface area contributed by atoms with Crippen molar-refractivity contribution in [2.45, 2.75) is 72.6 Å². The van der Waals surface area contributed by atoms with Crippen molar-refractivity contribution in [2.24, 2.45) is 28.9 Å². The van der Waals surface area contributed by atoms with Gasteiger partial charge in [-0.3, -0.25) is 9.59 Å². The fraction of sp³-hybridized carbons (Fsp3) is 0.789. The Balaban J connectivity index is 2.86. The van der Waals surface area contributed by atoms with Gasteiger partial charge >= 0.3 is 0 Å². The molecule has 0 unspecified atom stereocenters. The summed E-state index contributed by atoms with van der Waals surface area (Å²) in [6, 6.07) is 0. The maximum atomic E-state index is 12.8. The highest BCUT2D eigenvalue weighted by atomic mass is 16.1. The Bertz CT molecular complexity index is 414. The van der Waals surface area contributed by atoms with Crippen LogP contribution in [0.15, 0.2) is 12.2 Å². The van der Waals surface area contributed by atoms with E-state index in [4.69, 9.17) is 5.73 Å². The van der Waals surface area contributed by atoms with Crippen LogP contribution in [0.2, 0.25) is 0 Å². The molecule has 0 spiro atoms. The van der Waals surface area contributed by atoms with Gasteiger partial charge in [-0.15, -0.1) is 6.58 Å². The molecule has 0 heterocycles. The molecule has 0 radical (unpaired) electrons. The van der Waals surface area contributed by atoms with Crippen LogP contribution < -0.4 is 5.73 Å². The van der Waals surface area contributed by atoms with Crippen molar-refractivity contribution in [1.29, 1.82) is 0 Å². The summed E-state index contributed by atoms with van der Waals surface area (Å²) in [6.07, 6.45) is 7.41. The molecule has 126 valence electrons. The molecule has 0 aromatic rings. The molecule has 1 aliphatic carbocycles. The summed E-state index contributed by atoms with van der Waals surface area (Å²) in [7, 11) is 0. The fourth-order valence-corrected chi connectivity index (χ4v) is 3.61. The quantitative estimate of drug-likeness (QED) is 0.681. The van der Waals surface area contributed by atoms with Gasteiger partial charge in [-0.1, -0.05) is 52.0 Å². The molecule has 0 aromatic heterocycles. The Morgan fingerprint density at radius 1 is 1.18 bits per heavy atom. The Labute approximate surface area is 135 Å². The number of ketones is 1. The molecule has 0 aromatic carbocycles. The lowest BCUT2D eigenvalue weighted by molar-refractivity contribution is -0.137. The lowest BCUT2D eigenvalue weighted by Crippen LogP contribution is -2.39. The van der Waals surface area contributed by atoms with Crippen molar-refractivity contribution >= 4 is 11.7 Å². The van der Waals surface area contributed by atoms with Crippen LogP contribution in [0.3, 0.4) is 0 Å². The molecule has 0 aliphatic heterocycles. The number of hydrogen-bond donors (Lipinski definition) is 1. The summed E-state index contributed by atoms with van der Waals surface area (Å²) in [6.45, 7) is 11.6. The largest absolute Gasteiger partial charge is 0.369 e. The fourth-order valence-electron chi connectivity index (χ4n) is 3.61. The van der Waals surface area contributed by atoms with E-state index in [-0.39, 0.29) is 23.5 Å². The van der Waals surface area contributed by atoms with Crippen molar-refractivity contribution in [1.82, 2.24) is 0 Å². The summed E-state index contributed by atoms with van der Waals surface area (Å²) < 4.78 is 0. The van der Waals surface area contributed by atoms with E-state index in [0.717, 1.165) is 18.4 Å². The minimum Gasteiger partial charge on any atom is -0.369 e. The van der Waals surface area contributed by atoms with Gasteiger partial charge in [-0.2, -0.15) is 0 Å². The lowest BCUT2D eigenvalue weighted by Gasteiger charge is -2.30. The van der Waals surface area contributed by atoms with Gasteiger partial charge in [0, 0.05) is 17.3 Å². The highest BCUT2D eigenvalue weighted by molar-refractivity contribution is 5.91. The first kappa shape index (κ1) is 18.9. The molecule has 1 amide bonds. The highest BCUT2D eigenvalue weighted by Gasteiger charge is 2.37. The zero-order valence-corrected chi connectivity index (χ0v) is 14.8. The van der Waals surface area contributed by atoms with Crippen molar-refractivity contribution in [2.75, 3.05) is 0 Å². The molecule has 0 saturated heterocycles. The van der Waals surface area contributed by atoms with Crippen LogP contribution in [0.5, 0.6) is 0 Å². The lowest BCUT2D eigenvalue weighted by atomic mass is 9.72. The van der Waals surface area contributed by atoms with Gasteiger partial charge in [-0.25, -0.2) is 0 Å². The van der Waals surface area contributed by atoms with Crippen LogP contribution in [-0.4, -0.2) is 11.7 Å². The SMILES string of the molecule is C=C(C)C[C@@H](C(=O)C(C)(C)C)[C@H](CCC1CCCC1)C(N)=O. The summed E-state index contributed by atoms with van der Waals surface area (Å²) in [5.41, 5.74) is 6.14. The Morgan fingerprint density at radius 2 is 1.73 bits per heavy atom. The van der Waals surface area contributed by atoms with E-state index in [0.29, 0.717) is 12.3 Å². The van der Waals surface area contributed by atoms with E-state index in [1.807, 2.05) is 27.7 Å². The summed E-state index contributed by atoms with van der Waals surface area (Å²) in [4.78, 5) is 24.8. The molecular weight excluding hydrogens is 274 g/mol. The van der Waals surface area contributed by atoms with Crippen LogP contribution in [-0.2, 0) is 9.59 Å². The minimum absolute atomic E-state index is 0.130. The third-order valence-corrected chi connectivity index (χ3v) is 4.86. The Morgan fingerprint density at radius 3 is 2.14 bits per heavy atom. The van der Waals surface area contributed by atoms with E-state index in [2.05, 4.69) is 6.58 Å². The number of nitrogens with two attached hydrogens (primary N) is 1. The number of allylic oxidation sites excluding steroid dienone is 1. The number of carbonyl (C=O) groups excluding carboxylic acids is 2. The molecule has 1 aliphatic rings. The third-order valence-electron chi connectivity index (χ3n) is 4.86. The topological polar surface area (TPSA) is 60.2 Å². The number of rotatable bonds is 8. The van der Waals surface area contributed by atoms with Crippen molar-refractivity contribution in [3.05, 3.63) is 12.2 Å². The zero-order chi connectivity index (χ0) is 16.9. The second-order valence-electron chi connectivity index (χ2n) is 8.12. The van der Waals surface area contributed by atoms with Crippen LogP contribution in [0.4, 0.5) is 0 Å². The normalized spacial score (nSPS) is 18.9. The minimum atomic E-state index is -0.457. The molecule has 2 N–H and O–H groups in total. The van der Waals surface area contributed by atoms with Crippen LogP contribution >= 0.6 is 0 Å². The molecule has 3 heteroatoms. The maximum absolute atomic E-state index is 12.8. The molecule has 1 saturated carbocycles. The molecule has 2 atom stereocenters. The van der Waals surface area contributed by atoms with Crippen molar-refractivity contribution in [3.8, 4) is 0 Å². The number of carbonyl (C=O) groups is 2. The Hall–Kier alpha value is -1.12. The van der Waals surface area contributed by atoms with Crippen molar-refractivity contribution < 1.29 is 9.59 Å². The average Bonchev–Trinajstić information content (AvgIpc) is 2.88. The van der Waals surface area contributed by atoms with Gasteiger partial charge in [0.1, 0.15) is 5.78 Å². The number of amides is 1. The second-order valence-corrected chi connectivity index (χ2v) is 8.12. The standard InChI is InChI=1S/C19H33NO2/c1-13(2)12-16(17(21)19(3,4)5)15(18(20)22)11-10-14-8-6-7-9-14/h14-16H,1,6-12H2,2-5H3,(H2,20,22)/t15-,16+/m0/s1. The smallest absolute Gasteiger partial charge is 0.221 e. The Kier molecular flexibility index (Phi) is 6.83. The van der Waals surface area contributed by atoms with E-state index in [1.165, 1.54) is 25.7 Å². The first-order valence-corrected chi connectivity index (χ1v) is 8.61. The van der Waals surface area contributed by atoms with Crippen LogP contribution in [0.25, 0.3) is 0 Å². The third kappa shape index (κ3) is 5.58. The predicted molar refractivity (Wildman–Crippen MR) is 91.3 cm³/mol. The number of primary amides is 1. The first-order chi connectivity index (χ1) is 10.1. The predicted octanol–water partition coefficient (Wildman–Crippen LogP) is 4.26. The molecule has 3 nitrogen and oxygen atoms in total. The van der Waals surface area contributed by atoms with E-state index < -0.39 is 5.41 Å². The molecular formula is C19H33NO2. The molecule has 1 rings (SSSR count). The molecule has 1 fully saturated rings. The zero-order valence-electron chi connectivity index (χ0n) is 14.8. The van der Waals surface area contributed by atoms with Crippen LogP contribution in [0.1, 0.15) is 72.6 Å². The van der Waals surface area contributed by atoms with E-state index in [9.17, 15) is 9.59 Å². The first-order valence-electron chi connectivity index (χ1n) is 8.61. The number of Topliss-reactive ketones (excluding diaryl/α,β-unsaturated/α-hetero) is 1. The number of hydrogen-bond acceptors (Lipinski definition) is 2. The summed E-state index contributed by atoms with van der Waals surface area (Å²) in [5, 5.41) is 0. The van der Waals surface area contributed by atoms with E-state index in [1.54, 1.807) is 0 Å². The molecule has 0 bridgehead atoms.